The van der Waals surface area contributed by atoms with Crippen molar-refractivity contribution in [1.29, 1.82) is 0 Å². The van der Waals surface area contributed by atoms with Crippen LogP contribution in [-0.4, -0.2) is 32.2 Å². The standard InChI is InChI=1S/C12H14F3N3O3/c1-17-9-7(3-2-4-8(9)12(13,14)15)10(19)18-5-6-21-11(16)20/h2-4,17H,5-6H2,1H3,(H2,16,20)(H,18,19). The molecule has 0 aliphatic heterocycles. The minimum absolute atomic E-state index is 0.0683. The van der Waals surface area contributed by atoms with E-state index in [4.69, 9.17) is 5.73 Å². The lowest BCUT2D eigenvalue weighted by Gasteiger charge is -2.16. The number of hydrogen-bond acceptors (Lipinski definition) is 4. The number of halogens is 3. The minimum Gasteiger partial charge on any atom is -0.448 e. The number of carbonyl (C=O) groups excluding carboxylic acids is 2. The lowest BCUT2D eigenvalue weighted by Crippen LogP contribution is -2.30. The van der Waals surface area contributed by atoms with Gasteiger partial charge in [-0.3, -0.25) is 4.79 Å². The number of hydrogen-bond donors (Lipinski definition) is 3. The summed E-state index contributed by atoms with van der Waals surface area (Å²) in [5, 5.41) is 4.70. The topological polar surface area (TPSA) is 93.4 Å². The normalized spacial score (nSPS) is 10.9. The summed E-state index contributed by atoms with van der Waals surface area (Å²) in [6, 6.07) is 3.27. The van der Waals surface area contributed by atoms with Gasteiger partial charge in [-0.05, 0) is 12.1 Å². The Labute approximate surface area is 118 Å². The van der Waals surface area contributed by atoms with E-state index in [0.717, 1.165) is 12.1 Å². The van der Waals surface area contributed by atoms with Gasteiger partial charge in [0, 0.05) is 7.05 Å². The number of para-hydroxylation sites is 1. The van der Waals surface area contributed by atoms with Crippen molar-refractivity contribution in [1.82, 2.24) is 5.32 Å². The van der Waals surface area contributed by atoms with Crippen molar-refractivity contribution < 1.29 is 27.5 Å². The molecule has 0 bridgehead atoms. The number of nitrogens with two attached hydrogens (primary N) is 1. The summed E-state index contributed by atoms with van der Waals surface area (Å²) in [5.74, 6) is -0.724. The van der Waals surface area contributed by atoms with Crippen molar-refractivity contribution in [2.75, 3.05) is 25.5 Å². The number of ether oxygens (including phenoxy) is 1. The molecule has 0 radical (unpaired) electrons. The van der Waals surface area contributed by atoms with Gasteiger partial charge in [-0.15, -0.1) is 0 Å². The van der Waals surface area contributed by atoms with Crippen LogP contribution in [0.15, 0.2) is 18.2 Å². The summed E-state index contributed by atoms with van der Waals surface area (Å²) in [4.78, 5) is 22.2. The van der Waals surface area contributed by atoms with Gasteiger partial charge in [0.15, 0.2) is 0 Å². The first-order valence-corrected chi connectivity index (χ1v) is 5.85. The van der Waals surface area contributed by atoms with Crippen molar-refractivity contribution in [3.05, 3.63) is 29.3 Å². The minimum atomic E-state index is -4.58. The Morgan fingerprint density at radius 1 is 1.33 bits per heavy atom. The molecular weight excluding hydrogens is 291 g/mol. The highest BCUT2D eigenvalue weighted by molar-refractivity contribution is 6.00. The fourth-order valence-electron chi connectivity index (χ4n) is 1.66. The van der Waals surface area contributed by atoms with Crippen LogP contribution < -0.4 is 16.4 Å². The van der Waals surface area contributed by atoms with E-state index in [1.807, 2.05) is 0 Å². The van der Waals surface area contributed by atoms with Crippen LogP contribution in [0.3, 0.4) is 0 Å². The van der Waals surface area contributed by atoms with Crippen LogP contribution in [0.2, 0.25) is 0 Å². The van der Waals surface area contributed by atoms with Crippen LogP contribution >= 0.6 is 0 Å². The monoisotopic (exact) mass is 305 g/mol. The van der Waals surface area contributed by atoms with E-state index in [1.165, 1.54) is 13.1 Å². The number of anilines is 1. The molecule has 9 heteroatoms. The number of nitrogens with one attached hydrogen (secondary N) is 2. The van der Waals surface area contributed by atoms with E-state index < -0.39 is 23.7 Å². The van der Waals surface area contributed by atoms with Crippen molar-refractivity contribution in [3.63, 3.8) is 0 Å². The third-order valence-corrected chi connectivity index (χ3v) is 2.50. The molecule has 21 heavy (non-hydrogen) atoms. The van der Waals surface area contributed by atoms with Crippen LogP contribution in [0.5, 0.6) is 0 Å². The van der Waals surface area contributed by atoms with Gasteiger partial charge in [0.1, 0.15) is 6.61 Å². The van der Waals surface area contributed by atoms with Crippen LogP contribution in [0.1, 0.15) is 15.9 Å². The summed E-state index contributed by atoms with van der Waals surface area (Å²) >= 11 is 0. The summed E-state index contributed by atoms with van der Waals surface area (Å²) in [5.41, 5.74) is 3.30. The molecule has 4 N–H and O–H groups in total. The fourth-order valence-corrected chi connectivity index (χ4v) is 1.66. The number of benzene rings is 1. The van der Waals surface area contributed by atoms with Gasteiger partial charge < -0.3 is 21.1 Å². The summed E-state index contributed by atoms with van der Waals surface area (Å²) in [6.45, 7) is -0.240. The molecule has 0 aromatic heterocycles. The molecule has 1 rings (SSSR count). The molecule has 0 aliphatic rings. The maximum atomic E-state index is 12.8. The third kappa shape index (κ3) is 4.55. The first-order valence-electron chi connectivity index (χ1n) is 5.85. The average molecular weight is 305 g/mol. The van der Waals surface area contributed by atoms with Gasteiger partial charge in [0.05, 0.1) is 23.4 Å². The largest absolute Gasteiger partial charge is 0.448 e. The second-order valence-corrected chi connectivity index (χ2v) is 3.90. The molecule has 116 valence electrons. The van der Waals surface area contributed by atoms with Crippen molar-refractivity contribution in [2.45, 2.75) is 6.18 Å². The van der Waals surface area contributed by atoms with Crippen LogP contribution in [0, 0.1) is 0 Å². The quantitative estimate of drug-likeness (QED) is 0.720. The van der Waals surface area contributed by atoms with Crippen molar-refractivity contribution >= 4 is 17.7 Å². The van der Waals surface area contributed by atoms with E-state index in [0.29, 0.717) is 0 Å². The van der Waals surface area contributed by atoms with E-state index >= 15 is 0 Å². The second kappa shape index (κ2) is 6.82. The lowest BCUT2D eigenvalue weighted by molar-refractivity contribution is -0.136. The molecule has 0 saturated carbocycles. The predicted octanol–water partition coefficient (Wildman–Crippen LogP) is 1.57. The van der Waals surface area contributed by atoms with Gasteiger partial charge >= 0.3 is 12.3 Å². The molecule has 0 unspecified atom stereocenters. The third-order valence-electron chi connectivity index (χ3n) is 2.50. The Balaban J connectivity index is 2.87. The molecule has 0 heterocycles. The molecule has 0 spiro atoms. The zero-order chi connectivity index (χ0) is 16.0. The molecule has 6 nitrogen and oxygen atoms in total. The molecule has 1 aromatic carbocycles. The van der Waals surface area contributed by atoms with E-state index in [2.05, 4.69) is 15.4 Å². The maximum absolute atomic E-state index is 12.8. The van der Waals surface area contributed by atoms with Gasteiger partial charge in [0.2, 0.25) is 0 Å². The van der Waals surface area contributed by atoms with E-state index in [-0.39, 0.29) is 24.4 Å². The van der Waals surface area contributed by atoms with E-state index in [9.17, 15) is 22.8 Å². The maximum Gasteiger partial charge on any atom is 0.418 e. The summed E-state index contributed by atoms with van der Waals surface area (Å²) < 4.78 is 42.9. The number of primary amides is 1. The number of amides is 2. The van der Waals surface area contributed by atoms with Crippen molar-refractivity contribution in [2.24, 2.45) is 5.73 Å². The molecule has 0 aliphatic carbocycles. The van der Waals surface area contributed by atoms with Gasteiger partial charge in [-0.1, -0.05) is 6.07 Å². The Kier molecular flexibility index (Phi) is 5.39. The molecular formula is C12H14F3N3O3. The number of carbonyl (C=O) groups is 2. The smallest absolute Gasteiger partial charge is 0.418 e. The first-order chi connectivity index (χ1) is 9.77. The SMILES string of the molecule is CNc1c(C(=O)NCCOC(N)=O)cccc1C(F)(F)F. The summed E-state index contributed by atoms with van der Waals surface area (Å²) in [7, 11) is 1.29. The number of rotatable bonds is 5. The summed E-state index contributed by atoms with van der Waals surface area (Å²) in [6.07, 6.45) is -5.58. The first kappa shape index (κ1) is 16.6. The zero-order valence-electron chi connectivity index (χ0n) is 11.1. The van der Waals surface area contributed by atoms with Crippen LogP contribution in [0.4, 0.5) is 23.7 Å². The Morgan fingerprint density at radius 3 is 2.52 bits per heavy atom. The highest BCUT2D eigenvalue weighted by Crippen LogP contribution is 2.36. The molecule has 0 saturated heterocycles. The van der Waals surface area contributed by atoms with Gasteiger partial charge in [0.25, 0.3) is 5.91 Å². The van der Waals surface area contributed by atoms with Crippen molar-refractivity contribution in [3.8, 4) is 0 Å². The molecule has 1 aromatic rings. The second-order valence-electron chi connectivity index (χ2n) is 3.90. The molecule has 0 fully saturated rings. The van der Waals surface area contributed by atoms with Crippen LogP contribution in [-0.2, 0) is 10.9 Å². The van der Waals surface area contributed by atoms with Gasteiger partial charge in [-0.2, -0.15) is 13.2 Å². The Morgan fingerprint density at radius 2 is 2.00 bits per heavy atom. The number of alkyl halides is 3. The molecule has 2 amide bonds. The highest BCUT2D eigenvalue weighted by Gasteiger charge is 2.34. The van der Waals surface area contributed by atoms with E-state index in [1.54, 1.807) is 0 Å². The Bertz CT molecular complexity index is 532. The zero-order valence-corrected chi connectivity index (χ0v) is 11.1. The average Bonchev–Trinajstić information content (AvgIpc) is 2.41. The van der Waals surface area contributed by atoms with Gasteiger partial charge in [-0.25, -0.2) is 4.79 Å². The predicted molar refractivity (Wildman–Crippen MR) is 68.9 cm³/mol. The highest BCUT2D eigenvalue weighted by atomic mass is 19.4. The van der Waals surface area contributed by atoms with Crippen LogP contribution in [0.25, 0.3) is 0 Å². The molecule has 0 atom stereocenters. The fraction of sp³-hybridized carbons (Fsp3) is 0.333. The lowest BCUT2D eigenvalue weighted by atomic mass is 10.1. The Hall–Kier alpha value is -2.45.